The van der Waals surface area contributed by atoms with Gasteiger partial charge in [0.15, 0.2) is 6.10 Å². The molecule has 0 saturated carbocycles. The Labute approximate surface area is 139 Å². The van der Waals surface area contributed by atoms with E-state index >= 15 is 0 Å². The number of halogens is 1. The van der Waals surface area contributed by atoms with E-state index in [1.54, 1.807) is 50.2 Å². The molecule has 0 heterocycles. The van der Waals surface area contributed by atoms with Crippen molar-refractivity contribution >= 4 is 23.2 Å². The van der Waals surface area contributed by atoms with Gasteiger partial charge in [-0.3, -0.25) is 9.59 Å². The molecule has 2 aromatic rings. The molecule has 0 aliphatic rings. The molecule has 6 heteroatoms. The van der Waals surface area contributed by atoms with Crippen LogP contribution in [0.15, 0.2) is 42.5 Å². The predicted molar refractivity (Wildman–Crippen MR) is 90.6 cm³/mol. The van der Waals surface area contributed by atoms with Crippen LogP contribution < -0.4 is 15.4 Å². The Balaban J connectivity index is 1.95. The second kappa shape index (κ2) is 7.59. The molecule has 2 rings (SSSR count). The molecule has 24 heavy (non-hydrogen) atoms. The highest BCUT2D eigenvalue weighted by Crippen LogP contribution is 2.18. The molecule has 2 aromatic carbocycles. The van der Waals surface area contributed by atoms with Gasteiger partial charge in [0.1, 0.15) is 11.6 Å². The first-order chi connectivity index (χ1) is 11.3. The Morgan fingerprint density at radius 2 is 1.67 bits per heavy atom. The number of hydrogen-bond donors (Lipinski definition) is 2. The average molecular weight is 330 g/mol. The third kappa shape index (κ3) is 4.81. The fourth-order valence-electron chi connectivity index (χ4n) is 1.99. The lowest BCUT2D eigenvalue weighted by Gasteiger charge is -2.15. The maximum atomic E-state index is 13.5. The minimum atomic E-state index is -0.763. The molecule has 0 aromatic heterocycles. The second-order valence-corrected chi connectivity index (χ2v) is 5.42. The molecule has 0 saturated heterocycles. The van der Waals surface area contributed by atoms with Gasteiger partial charge in [0.25, 0.3) is 5.91 Å². The van der Waals surface area contributed by atoms with E-state index < -0.39 is 6.10 Å². The van der Waals surface area contributed by atoms with Gasteiger partial charge in [-0.15, -0.1) is 0 Å². The summed E-state index contributed by atoms with van der Waals surface area (Å²) in [5.74, 6) is -0.442. The SMILES string of the molecule is CC(=O)Nc1ccc(O[C@@H](C)C(=O)Nc2ccc(C)c(F)c2)cc1. The lowest BCUT2D eigenvalue weighted by atomic mass is 10.2. The van der Waals surface area contributed by atoms with Gasteiger partial charge in [-0.1, -0.05) is 6.07 Å². The van der Waals surface area contributed by atoms with E-state index in [0.29, 0.717) is 22.7 Å². The number of carbonyl (C=O) groups is 2. The number of nitrogens with one attached hydrogen (secondary N) is 2. The minimum Gasteiger partial charge on any atom is -0.481 e. The smallest absolute Gasteiger partial charge is 0.265 e. The van der Waals surface area contributed by atoms with Crippen LogP contribution in [0.2, 0.25) is 0 Å². The highest BCUT2D eigenvalue weighted by Gasteiger charge is 2.15. The van der Waals surface area contributed by atoms with Gasteiger partial charge in [0.05, 0.1) is 0 Å². The molecule has 126 valence electrons. The molecule has 0 spiro atoms. The molecule has 0 fully saturated rings. The number of amides is 2. The van der Waals surface area contributed by atoms with Gasteiger partial charge in [-0.05, 0) is 55.8 Å². The summed E-state index contributed by atoms with van der Waals surface area (Å²) in [6.07, 6.45) is -0.763. The van der Waals surface area contributed by atoms with Crippen LogP contribution in [0, 0.1) is 12.7 Å². The van der Waals surface area contributed by atoms with Crippen LogP contribution in [-0.2, 0) is 9.59 Å². The van der Waals surface area contributed by atoms with Crippen molar-refractivity contribution in [3.63, 3.8) is 0 Å². The van der Waals surface area contributed by atoms with Gasteiger partial charge in [-0.2, -0.15) is 0 Å². The topological polar surface area (TPSA) is 67.4 Å². The van der Waals surface area contributed by atoms with Gasteiger partial charge in [0, 0.05) is 18.3 Å². The Morgan fingerprint density at radius 1 is 1.04 bits per heavy atom. The van der Waals surface area contributed by atoms with Crippen molar-refractivity contribution in [2.24, 2.45) is 0 Å². The summed E-state index contributed by atoms with van der Waals surface area (Å²) in [5, 5.41) is 5.25. The number of rotatable bonds is 5. The molecule has 0 bridgehead atoms. The fourth-order valence-corrected chi connectivity index (χ4v) is 1.99. The van der Waals surface area contributed by atoms with Crippen molar-refractivity contribution in [1.29, 1.82) is 0 Å². The van der Waals surface area contributed by atoms with Crippen molar-refractivity contribution < 1.29 is 18.7 Å². The number of aryl methyl sites for hydroxylation is 1. The van der Waals surface area contributed by atoms with E-state index in [9.17, 15) is 14.0 Å². The molecule has 2 N–H and O–H groups in total. The molecule has 0 aliphatic carbocycles. The second-order valence-electron chi connectivity index (χ2n) is 5.42. The van der Waals surface area contributed by atoms with Crippen molar-refractivity contribution in [2.45, 2.75) is 26.9 Å². The highest BCUT2D eigenvalue weighted by molar-refractivity contribution is 5.94. The van der Waals surface area contributed by atoms with Crippen molar-refractivity contribution in [1.82, 2.24) is 0 Å². The highest BCUT2D eigenvalue weighted by atomic mass is 19.1. The molecule has 5 nitrogen and oxygen atoms in total. The van der Waals surface area contributed by atoms with Crippen LogP contribution in [0.5, 0.6) is 5.75 Å². The number of ether oxygens (including phenoxy) is 1. The van der Waals surface area contributed by atoms with E-state index in [-0.39, 0.29) is 17.6 Å². The fraction of sp³-hybridized carbons (Fsp3) is 0.222. The van der Waals surface area contributed by atoms with E-state index in [4.69, 9.17) is 4.74 Å². The molecular formula is C18H19FN2O3. The monoisotopic (exact) mass is 330 g/mol. The van der Waals surface area contributed by atoms with Crippen LogP contribution in [0.3, 0.4) is 0 Å². The summed E-state index contributed by atoms with van der Waals surface area (Å²) in [6, 6.07) is 11.2. The maximum absolute atomic E-state index is 13.5. The van der Waals surface area contributed by atoms with Gasteiger partial charge in [-0.25, -0.2) is 4.39 Å². The summed E-state index contributed by atoms with van der Waals surface area (Å²) < 4.78 is 19.0. The van der Waals surface area contributed by atoms with Crippen LogP contribution in [-0.4, -0.2) is 17.9 Å². The van der Waals surface area contributed by atoms with Crippen molar-refractivity contribution in [2.75, 3.05) is 10.6 Å². The van der Waals surface area contributed by atoms with Gasteiger partial charge in [0.2, 0.25) is 5.91 Å². The minimum absolute atomic E-state index is 0.165. The lowest BCUT2D eigenvalue weighted by Crippen LogP contribution is -2.30. The van der Waals surface area contributed by atoms with Gasteiger partial charge < -0.3 is 15.4 Å². The molecule has 0 unspecified atom stereocenters. The summed E-state index contributed by atoms with van der Waals surface area (Å²) in [6.45, 7) is 4.67. The van der Waals surface area contributed by atoms with E-state index in [0.717, 1.165) is 0 Å². The first kappa shape index (κ1) is 17.5. The standard InChI is InChI=1S/C18H19FN2O3/c1-11-4-5-15(10-17(11)19)21-18(23)12(2)24-16-8-6-14(7-9-16)20-13(3)22/h4-10,12H,1-3H3,(H,20,22)(H,21,23)/t12-/m0/s1. The first-order valence-electron chi connectivity index (χ1n) is 7.46. The van der Waals surface area contributed by atoms with E-state index in [1.165, 1.54) is 13.0 Å². The lowest BCUT2D eigenvalue weighted by molar-refractivity contribution is -0.122. The normalized spacial score (nSPS) is 11.5. The Kier molecular flexibility index (Phi) is 5.52. The van der Waals surface area contributed by atoms with Crippen LogP contribution in [0.25, 0.3) is 0 Å². The molecule has 0 radical (unpaired) electrons. The molecule has 1 atom stereocenters. The zero-order valence-electron chi connectivity index (χ0n) is 13.7. The van der Waals surface area contributed by atoms with Crippen LogP contribution >= 0.6 is 0 Å². The molecular weight excluding hydrogens is 311 g/mol. The quantitative estimate of drug-likeness (QED) is 0.882. The van der Waals surface area contributed by atoms with Gasteiger partial charge >= 0.3 is 0 Å². The van der Waals surface area contributed by atoms with Crippen molar-refractivity contribution in [3.05, 3.63) is 53.8 Å². The molecule has 0 aliphatic heterocycles. The Bertz CT molecular complexity index is 744. The first-order valence-corrected chi connectivity index (χ1v) is 7.46. The summed E-state index contributed by atoms with van der Waals surface area (Å²) >= 11 is 0. The van der Waals surface area contributed by atoms with Crippen LogP contribution in [0.1, 0.15) is 19.4 Å². The number of hydrogen-bond acceptors (Lipinski definition) is 3. The summed E-state index contributed by atoms with van der Waals surface area (Å²) in [7, 11) is 0. The number of carbonyl (C=O) groups excluding carboxylic acids is 2. The largest absolute Gasteiger partial charge is 0.481 e. The summed E-state index contributed by atoms with van der Waals surface area (Å²) in [5.41, 5.74) is 1.53. The van der Waals surface area contributed by atoms with E-state index in [2.05, 4.69) is 10.6 Å². The average Bonchev–Trinajstić information content (AvgIpc) is 2.52. The zero-order valence-corrected chi connectivity index (χ0v) is 13.7. The van der Waals surface area contributed by atoms with E-state index in [1.807, 2.05) is 0 Å². The zero-order chi connectivity index (χ0) is 17.7. The maximum Gasteiger partial charge on any atom is 0.265 e. The number of benzene rings is 2. The third-order valence-electron chi connectivity index (χ3n) is 3.30. The Morgan fingerprint density at radius 3 is 2.25 bits per heavy atom. The van der Waals surface area contributed by atoms with Crippen molar-refractivity contribution in [3.8, 4) is 5.75 Å². The molecule has 2 amide bonds. The predicted octanol–water partition coefficient (Wildman–Crippen LogP) is 3.50. The number of anilines is 2. The third-order valence-corrected chi connectivity index (χ3v) is 3.30. The Hall–Kier alpha value is -2.89. The van der Waals surface area contributed by atoms with Crippen LogP contribution in [0.4, 0.5) is 15.8 Å². The summed E-state index contributed by atoms with van der Waals surface area (Å²) in [4.78, 5) is 23.1.